The Balaban J connectivity index is 1.75. The zero-order chi connectivity index (χ0) is 50.3. The van der Waals surface area contributed by atoms with Crippen LogP contribution in [0.15, 0.2) is 30.3 Å². The molecule has 2 fully saturated rings. The highest BCUT2D eigenvalue weighted by Gasteiger charge is 2.43. The van der Waals surface area contributed by atoms with Crippen LogP contribution in [0.25, 0.3) is 0 Å². The SMILES string of the molecule is CC[C@H](C)[C@H](NC(=O)[C@@H]1CCCN1C(=O)[C@H](CC(N)=O)NC(=O)[C@@H](NC(=O)[C@H](C)N)[C@@H](C)O)C(=O)N[C@H](C(=O)N1CCC[C@H]1C(=O)N[C@@H](CO)C(=O)N[C@@H](Cc1ccccc1)C(=O)O)C(C)C. The lowest BCUT2D eigenvalue weighted by atomic mass is 9.95. The van der Waals surface area contributed by atoms with Crippen molar-refractivity contribution < 1.29 is 63.3 Å². The molecule has 0 saturated carbocycles. The van der Waals surface area contributed by atoms with Crippen molar-refractivity contribution in [2.45, 2.75) is 147 Å². The van der Waals surface area contributed by atoms with Gasteiger partial charge in [-0.2, -0.15) is 0 Å². The van der Waals surface area contributed by atoms with Gasteiger partial charge < -0.3 is 68.5 Å². The number of carboxylic acids is 1. The van der Waals surface area contributed by atoms with E-state index in [-0.39, 0.29) is 32.4 Å². The largest absolute Gasteiger partial charge is 0.480 e. The first-order valence-corrected chi connectivity index (χ1v) is 22.5. The van der Waals surface area contributed by atoms with Crippen molar-refractivity contribution in [3.63, 3.8) is 0 Å². The van der Waals surface area contributed by atoms with Crippen LogP contribution in [0.2, 0.25) is 0 Å². The molecule has 1 aromatic rings. The van der Waals surface area contributed by atoms with Crippen LogP contribution in [0.1, 0.15) is 85.6 Å². The number of aliphatic hydroxyl groups is 2. The van der Waals surface area contributed by atoms with Crippen molar-refractivity contribution in [2.75, 3.05) is 19.7 Å². The summed E-state index contributed by atoms with van der Waals surface area (Å²) in [7, 11) is 0. The molecule has 2 aliphatic rings. The summed E-state index contributed by atoms with van der Waals surface area (Å²) in [5.41, 5.74) is 11.6. The number of carbonyl (C=O) groups is 10. The molecule has 2 aliphatic heterocycles. The minimum atomic E-state index is -1.60. The van der Waals surface area contributed by atoms with Gasteiger partial charge in [-0.15, -0.1) is 0 Å². The summed E-state index contributed by atoms with van der Waals surface area (Å²) in [5.74, 6) is -9.82. The van der Waals surface area contributed by atoms with Gasteiger partial charge in [-0.25, -0.2) is 4.79 Å². The third kappa shape index (κ3) is 15.4. The second-order valence-electron chi connectivity index (χ2n) is 17.6. The molecule has 0 aliphatic carbocycles. The van der Waals surface area contributed by atoms with E-state index in [0.29, 0.717) is 24.8 Å². The number of hydrogen-bond donors (Lipinski definition) is 11. The van der Waals surface area contributed by atoms with Crippen molar-refractivity contribution in [3.05, 3.63) is 35.9 Å². The van der Waals surface area contributed by atoms with Gasteiger partial charge in [-0.3, -0.25) is 43.2 Å². The molecule has 11 atom stereocenters. The van der Waals surface area contributed by atoms with Gasteiger partial charge in [0.15, 0.2) is 0 Å². The highest BCUT2D eigenvalue weighted by Crippen LogP contribution is 2.23. The lowest BCUT2D eigenvalue weighted by molar-refractivity contribution is -0.145. The monoisotopic (exact) mass is 944 g/mol. The Bertz CT molecular complexity index is 1950. The number of aliphatic hydroxyl groups excluding tert-OH is 2. The van der Waals surface area contributed by atoms with E-state index in [1.165, 1.54) is 18.7 Å². The first-order valence-electron chi connectivity index (χ1n) is 22.5. The van der Waals surface area contributed by atoms with Gasteiger partial charge >= 0.3 is 5.97 Å². The molecular formula is C44H68N10O13. The maximum atomic E-state index is 14.2. The number of benzene rings is 1. The van der Waals surface area contributed by atoms with Gasteiger partial charge in [0.25, 0.3) is 0 Å². The molecule has 2 heterocycles. The lowest BCUT2D eigenvalue weighted by Crippen LogP contribution is -2.62. The van der Waals surface area contributed by atoms with Gasteiger partial charge in [-0.1, -0.05) is 64.4 Å². The molecule has 3 rings (SSSR count). The molecule has 372 valence electrons. The molecule has 67 heavy (non-hydrogen) atoms. The molecule has 23 heteroatoms. The second kappa shape index (κ2) is 25.6. The highest BCUT2D eigenvalue weighted by molar-refractivity contribution is 5.99. The number of carboxylic acid groups (broad SMARTS) is 1. The standard InChI is InChI=1S/C44H68N10O13/c1-7-23(4)34(51-39(61)31-16-11-17-53(31)42(64)27(20-32(46)57)47-41(63)35(25(6)56)52-36(58)24(5)45)40(62)50-33(22(2)3)43(65)54-18-12-15-30(54)38(60)49-29(21-55)37(59)48-28(44(66)67)19-26-13-9-8-10-14-26/h8-10,13-14,22-25,27-31,33-35,55-56H,7,11-12,15-21,45H2,1-6H3,(H2,46,57)(H,47,63)(H,48,59)(H,49,60)(H,50,62)(H,51,61)(H,52,58)(H,66,67)/t23-,24-,25+,27-,28-,29-,30-,31-,33-,34-,35-/m0/s1. The van der Waals surface area contributed by atoms with Crippen LogP contribution in [0, 0.1) is 11.8 Å². The maximum absolute atomic E-state index is 14.2. The molecule has 0 aromatic heterocycles. The van der Waals surface area contributed by atoms with Crippen LogP contribution < -0.4 is 43.4 Å². The zero-order valence-corrected chi connectivity index (χ0v) is 38.9. The maximum Gasteiger partial charge on any atom is 0.326 e. The Kier molecular flexibility index (Phi) is 21.1. The van der Waals surface area contributed by atoms with E-state index in [2.05, 4.69) is 31.9 Å². The molecule has 9 amide bonds. The molecule has 0 spiro atoms. The van der Waals surface area contributed by atoms with Gasteiger partial charge in [0.1, 0.15) is 48.3 Å². The Labute approximate surface area is 389 Å². The number of carbonyl (C=O) groups excluding carboxylic acids is 9. The van der Waals surface area contributed by atoms with E-state index >= 15 is 0 Å². The van der Waals surface area contributed by atoms with Crippen LogP contribution in [-0.4, -0.2) is 164 Å². The van der Waals surface area contributed by atoms with Crippen LogP contribution in [-0.2, 0) is 54.4 Å². The van der Waals surface area contributed by atoms with Gasteiger partial charge in [0.05, 0.1) is 25.2 Å². The van der Waals surface area contributed by atoms with Crippen LogP contribution in [0.3, 0.4) is 0 Å². The van der Waals surface area contributed by atoms with Gasteiger partial charge in [0, 0.05) is 19.5 Å². The average Bonchev–Trinajstić information content (AvgIpc) is 3.98. The number of nitrogens with zero attached hydrogens (tertiary/aromatic N) is 2. The van der Waals surface area contributed by atoms with Crippen LogP contribution >= 0.6 is 0 Å². The van der Waals surface area contributed by atoms with Crippen molar-refractivity contribution in [3.8, 4) is 0 Å². The van der Waals surface area contributed by atoms with E-state index in [0.717, 1.165) is 4.90 Å². The fourth-order valence-electron chi connectivity index (χ4n) is 7.83. The normalized spacial score (nSPS) is 19.9. The number of nitrogens with one attached hydrogen (secondary N) is 6. The zero-order valence-electron chi connectivity index (χ0n) is 38.9. The summed E-state index contributed by atoms with van der Waals surface area (Å²) in [6.45, 7) is 8.66. The molecule has 23 nitrogen and oxygen atoms in total. The predicted octanol–water partition coefficient (Wildman–Crippen LogP) is -3.50. The number of primary amides is 1. The van der Waals surface area contributed by atoms with E-state index in [9.17, 15) is 63.3 Å². The number of hydrogen-bond acceptors (Lipinski definition) is 13. The number of aliphatic carboxylic acids is 1. The van der Waals surface area contributed by atoms with E-state index < -0.39 is 144 Å². The quantitative estimate of drug-likeness (QED) is 0.0480. The Morgan fingerprint density at radius 1 is 0.672 bits per heavy atom. The first kappa shape index (κ1) is 55.1. The lowest BCUT2D eigenvalue weighted by Gasteiger charge is -2.34. The predicted molar refractivity (Wildman–Crippen MR) is 239 cm³/mol. The highest BCUT2D eigenvalue weighted by atomic mass is 16.4. The average molecular weight is 945 g/mol. The molecule has 0 unspecified atom stereocenters. The summed E-state index contributed by atoms with van der Waals surface area (Å²) < 4.78 is 0. The van der Waals surface area contributed by atoms with E-state index in [4.69, 9.17) is 11.5 Å². The van der Waals surface area contributed by atoms with Crippen molar-refractivity contribution in [2.24, 2.45) is 23.3 Å². The van der Waals surface area contributed by atoms with Crippen molar-refractivity contribution in [1.29, 1.82) is 0 Å². The summed E-state index contributed by atoms with van der Waals surface area (Å²) in [4.78, 5) is 135. The molecule has 1 aromatic carbocycles. The Morgan fingerprint density at radius 3 is 1.69 bits per heavy atom. The Hall–Kier alpha value is -6.20. The Morgan fingerprint density at radius 2 is 1.19 bits per heavy atom. The van der Waals surface area contributed by atoms with Crippen molar-refractivity contribution >= 4 is 59.1 Å². The second-order valence-corrected chi connectivity index (χ2v) is 17.6. The fourth-order valence-corrected chi connectivity index (χ4v) is 7.83. The minimum Gasteiger partial charge on any atom is -0.480 e. The summed E-state index contributed by atoms with van der Waals surface area (Å²) >= 11 is 0. The smallest absolute Gasteiger partial charge is 0.326 e. The number of likely N-dealkylation sites (tertiary alicyclic amines) is 2. The van der Waals surface area contributed by atoms with Gasteiger partial charge in [0.2, 0.25) is 53.2 Å². The molecule has 2 saturated heterocycles. The van der Waals surface area contributed by atoms with E-state index in [1.807, 2.05) is 0 Å². The summed E-state index contributed by atoms with van der Waals surface area (Å²) in [6, 6.07) is -3.31. The van der Waals surface area contributed by atoms with E-state index in [1.54, 1.807) is 58.0 Å². The van der Waals surface area contributed by atoms with Gasteiger partial charge in [-0.05, 0) is 56.9 Å². The topological polar surface area (TPSA) is 362 Å². The molecule has 13 N–H and O–H groups in total. The minimum absolute atomic E-state index is 0.0266. The fraction of sp³-hybridized carbons (Fsp3) is 0.636. The van der Waals surface area contributed by atoms with Crippen molar-refractivity contribution in [1.82, 2.24) is 41.7 Å². The first-order chi connectivity index (χ1) is 31.5. The third-order valence-corrected chi connectivity index (χ3v) is 11.9. The summed E-state index contributed by atoms with van der Waals surface area (Å²) in [6.07, 6.45) is -0.776. The number of nitrogens with two attached hydrogens (primary N) is 2. The molecular weight excluding hydrogens is 877 g/mol. The van der Waals surface area contributed by atoms with Crippen LogP contribution in [0.4, 0.5) is 0 Å². The molecule has 0 bridgehead atoms. The van der Waals surface area contributed by atoms with Crippen LogP contribution in [0.5, 0.6) is 0 Å². The third-order valence-electron chi connectivity index (χ3n) is 11.9. The number of rotatable bonds is 24. The molecule has 0 radical (unpaired) electrons. The summed E-state index contributed by atoms with van der Waals surface area (Å²) in [5, 5.41) is 45.0. The number of amides is 9.